The molecular formula is C13H17N3O2. The van der Waals surface area contributed by atoms with Crippen LogP contribution >= 0.6 is 0 Å². The van der Waals surface area contributed by atoms with Crippen LogP contribution in [0, 0.1) is 0 Å². The van der Waals surface area contributed by atoms with Crippen LogP contribution in [-0.4, -0.2) is 29.6 Å². The van der Waals surface area contributed by atoms with Crippen molar-refractivity contribution in [2.24, 2.45) is 5.73 Å². The number of nitrogens with zero attached hydrogens (tertiary/aromatic N) is 1. The Balaban J connectivity index is 1.69. The Morgan fingerprint density at radius 3 is 3.11 bits per heavy atom. The number of carbonyl (C=O) groups excluding carboxylic acids is 1. The van der Waals surface area contributed by atoms with Crippen molar-refractivity contribution in [3.63, 3.8) is 0 Å². The maximum atomic E-state index is 12.0. The van der Waals surface area contributed by atoms with E-state index >= 15 is 0 Å². The number of rotatable bonds is 2. The van der Waals surface area contributed by atoms with E-state index in [4.69, 9.17) is 10.5 Å². The molecule has 0 saturated heterocycles. The summed E-state index contributed by atoms with van der Waals surface area (Å²) >= 11 is 0. The molecule has 1 aliphatic carbocycles. The number of fused-ring (bicyclic) bond motifs is 1. The SMILES string of the molecule is NC1CC(NC(=O)c2cc3c(cn2)OCCC3)C1. The molecule has 1 saturated carbocycles. The number of aryl methyl sites for hydroxylation is 1. The molecule has 3 N–H and O–H groups in total. The van der Waals surface area contributed by atoms with E-state index in [1.165, 1.54) is 0 Å². The minimum atomic E-state index is -0.111. The van der Waals surface area contributed by atoms with Gasteiger partial charge in [0, 0.05) is 12.1 Å². The molecule has 1 fully saturated rings. The van der Waals surface area contributed by atoms with Crippen LogP contribution in [0.15, 0.2) is 12.3 Å². The van der Waals surface area contributed by atoms with Crippen molar-refractivity contribution in [3.8, 4) is 5.75 Å². The first-order chi connectivity index (χ1) is 8.72. The van der Waals surface area contributed by atoms with E-state index < -0.39 is 0 Å². The van der Waals surface area contributed by atoms with E-state index in [-0.39, 0.29) is 18.0 Å². The molecule has 2 aliphatic rings. The highest BCUT2D eigenvalue weighted by molar-refractivity contribution is 5.92. The molecular weight excluding hydrogens is 230 g/mol. The van der Waals surface area contributed by atoms with E-state index in [1.807, 2.05) is 6.07 Å². The summed E-state index contributed by atoms with van der Waals surface area (Å²) in [4.78, 5) is 16.1. The predicted molar refractivity (Wildman–Crippen MR) is 66.5 cm³/mol. The molecule has 2 heterocycles. The quantitative estimate of drug-likeness (QED) is 0.803. The third-order valence-electron chi connectivity index (χ3n) is 3.54. The lowest BCUT2D eigenvalue weighted by Gasteiger charge is -2.32. The Morgan fingerprint density at radius 2 is 2.33 bits per heavy atom. The first kappa shape index (κ1) is 11.5. The van der Waals surface area contributed by atoms with Crippen molar-refractivity contribution in [2.75, 3.05) is 6.61 Å². The zero-order valence-corrected chi connectivity index (χ0v) is 10.2. The van der Waals surface area contributed by atoms with Gasteiger partial charge in [0.15, 0.2) is 0 Å². The van der Waals surface area contributed by atoms with Gasteiger partial charge in [-0.1, -0.05) is 0 Å². The van der Waals surface area contributed by atoms with Gasteiger partial charge in [0.05, 0.1) is 12.8 Å². The molecule has 0 aromatic carbocycles. The van der Waals surface area contributed by atoms with Crippen LogP contribution in [0.5, 0.6) is 5.75 Å². The van der Waals surface area contributed by atoms with Gasteiger partial charge in [-0.25, -0.2) is 4.98 Å². The summed E-state index contributed by atoms with van der Waals surface area (Å²) in [6, 6.07) is 2.28. The van der Waals surface area contributed by atoms with Crippen LogP contribution in [0.2, 0.25) is 0 Å². The predicted octanol–water partition coefficient (Wildman–Crippen LogP) is 0.626. The van der Waals surface area contributed by atoms with Gasteiger partial charge < -0.3 is 15.8 Å². The molecule has 0 bridgehead atoms. The molecule has 1 aliphatic heterocycles. The molecule has 3 rings (SSSR count). The van der Waals surface area contributed by atoms with Gasteiger partial charge in [-0.15, -0.1) is 0 Å². The summed E-state index contributed by atoms with van der Waals surface area (Å²) in [6.45, 7) is 0.736. The lowest BCUT2D eigenvalue weighted by molar-refractivity contribution is 0.0905. The Kier molecular flexibility index (Phi) is 2.91. The standard InChI is InChI=1S/C13H17N3O2/c14-9-5-10(6-9)16-13(17)11-4-8-2-1-3-18-12(8)7-15-11/h4,7,9-10H,1-3,5-6,14H2,(H,16,17). The second-order valence-corrected chi connectivity index (χ2v) is 5.03. The Morgan fingerprint density at radius 1 is 1.50 bits per heavy atom. The number of hydrogen-bond donors (Lipinski definition) is 2. The van der Waals surface area contributed by atoms with Crippen LogP contribution in [0.1, 0.15) is 35.3 Å². The monoisotopic (exact) mass is 247 g/mol. The summed E-state index contributed by atoms with van der Waals surface area (Å²) < 4.78 is 5.47. The molecule has 1 aromatic heterocycles. The summed E-state index contributed by atoms with van der Waals surface area (Å²) in [5.41, 5.74) is 7.24. The Bertz CT molecular complexity index is 469. The topological polar surface area (TPSA) is 77.2 Å². The number of carbonyl (C=O) groups is 1. The zero-order valence-electron chi connectivity index (χ0n) is 10.2. The average molecular weight is 247 g/mol. The first-order valence-electron chi connectivity index (χ1n) is 6.40. The van der Waals surface area contributed by atoms with Crippen molar-refractivity contribution >= 4 is 5.91 Å². The van der Waals surface area contributed by atoms with Crippen molar-refractivity contribution in [3.05, 3.63) is 23.5 Å². The highest BCUT2D eigenvalue weighted by Gasteiger charge is 2.28. The van der Waals surface area contributed by atoms with E-state index in [2.05, 4.69) is 10.3 Å². The fourth-order valence-electron chi connectivity index (χ4n) is 2.42. The Labute approximate surface area is 106 Å². The number of hydrogen-bond acceptors (Lipinski definition) is 4. The third-order valence-corrected chi connectivity index (χ3v) is 3.54. The number of nitrogens with one attached hydrogen (secondary N) is 1. The van der Waals surface area contributed by atoms with Gasteiger partial charge in [-0.2, -0.15) is 0 Å². The van der Waals surface area contributed by atoms with Gasteiger partial charge in [-0.05, 0) is 37.3 Å². The van der Waals surface area contributed by atoms with Gasteiger partial charge in [-0.3, -0.25) is 4.79 Å². The lowest BCUT2D eigenvalue weighted by Crippen LogP contribution is -2.50. The molecule has 1 amide bonds. The first-order valence-corrected chi connectivity index (χ1v) is 6.40. The second-order valence-electron chi connectivity index (χ2n) is 5.03. The number of pyridine rings is 1. The second kappa shape index (κ2) is 4.57. The van der Waals surface area contributed by atoms with Crippen LogP contribution in [0.4, 0.5) is 0 Å². The molecule has 0 unspecified atom stereocenters. The fourth-order valence-corrected chi connectivity index (χ4v) is 2.42. The fraction of sp³-hybridized carbons (Fsp3) is 0.538. The average Bonchev–Trinajstić information content (AvgIpc) is 2.36. The number of nitrogens with two attached hydrogens (primary N) is 1. The summed E-state index contributed by atoms with van der Waals surface area (Å²) in [6.07, 6.45) is 5.32. The van der Waals surface area contributed by atoms with E-state index in [0.717, 1.165) is 43.6 Å². The highest BCUT2D eigenvalue weighted by atomic mass is 16.5. The van der Waals surface area contributed by atoms with E-state index in [1.54, 1.807) is 6.20 Å². The molecule has 18 heavy (non-hydrogen) atoms. The van der Waals surface area contributed by atoms with Crippen LogP contribution in [0.3, 0.4) is 0 Å². The minimum absolute atomic E-state index is 0.111. The smallest absolute Gasteiger partial charge is 0.270 e. The van der Waals surface area contributed by atoms with E-state index in [0.29, 0.717) is 5.69 Å². The summed E-state index contributed by atoms with van der Waals surface area (Å²) in [5.74, 6) is 0.698. The molecule has 96 valence electrons. The Hall–Kier alpha value is -1.62. The summed E-state index contributed by atoms with van der Waals surface area (Å²) in [7, 11) is 0. The zero-order chi connectivity index (χ0) is 12.5. The molecule has 1 aromatic rings. The third kappa shape index (κ3) is 2.18. The molecule has 5 heteroatoms. The molecule has 0 spiro atoms. The number of aromatic nitrogens is 1. The molecule has 5 nitrogen and oxygen atoms in total. The molecule has 0 atom stereocenters. The van der Waals surface area contributed by atoms with Crippen LogP contribution < -0.4 is 15.8 Å². The van der Waals surface area contributed by atoms with Crippen LogP contribution in [-0.2, 0) is 6.42 Å². The van der Waals surface area contributed by atoms with Gasteiger partial charge in [0.2, 0.25) is 0 Å². The van der Waals surface area contributed by atoms with Crippen LogP contribution in [0.25, 0.3) is 0 Å². The van der Waals surface area contributed by atoms with Gasteiger partial charge in [0.1, 0.15) is 11.4 Å². The minimum Gasteiger partial charge on any atom is -0.492 e. The van der Waals surface area contributed by atoms with Crippen molar-refractivity contribution < 1.29 is 9.53 Å². The van der Waals surface area contributed by atoms with Crippen molar-refractivity contribution in [1.82, 2.24) is 10.3 Å². The number of amides is 1. The van der Waals surface area contributed by atoms with E-state index in [9.17, 15) is 4.79 Å². The maximum absolute atomic E-state index is 12.0. The van der Waals surface area contributed by atoms with Crippen molar-refractivity contribution in [2.45, 2.75) is 37.8 Å². The maximum Gasteiger partial charge on any atom is 0.270 e. The highest BCUT2D eigenvalue weighted by Crippen LogP contribution is 2.24. The largest absolute Gasteiger partial charge is 0.492 e. The van der Waals surface area contributed by atoms with Gasteiger partial charge >= 0.3 is 0 Å². The number of ether oxygens (including phenoxy) is 1. The molecule has 0 radical (unpaired) electrons. The normalized spacial score (nSPS) is 25.6. The lowest BCUT2D eigenvalue weighted by atomic mass is 9.87. The van der Waals surface area contributed by atoms with Gasteiger partial charge in [0.25, 0.3) is 5.91 Å². The van der Waals surface area contributed by atoms with Crippen molar-refractivity contribution in [1.29, 1.82) is 0 Å². The summed E-state index contributed by atoms with van der Waals surface area (Å²) in [5, 5.41) is 2.95.